The van der Waals surface area contributed by atoms with E-state index in [2.05, 4.69) is 31.4 Å². The van der Waals surface area contributed by atoms with E-state index in [0.717, 1.165) is 26.9 Å². The first kappa shape index (κ1) is 21.8. The lowest BCUT2D eigenvalue weighted by molar-refractivity contribution is 0.0958. The zero-order chi connectivity index (χ0) is 21.5. The molecule has 3 N–H and O–H groups in total. The molecule has 156 valence electrons. The molecule has 0 aliphatic carbocycles. The van der Waals surface area contributed by atoms with Crippen LogP contribution in [0.1, 0.15) is 33.4 Å². The van der Waals surface area contributed by atoms with Crippen molar-refractivity contribution in [3.05, 3.63) is 68.6 Å². The van der Waals surface area contributed by atoms with Gasteiger partial charge in [0.05, 0.1) is 19.0 Å². The van der Waals surface area contributed by atoms with Gasteiger partial charge in [-0.1, -0.05) is 46.3 Å². The number of thiazole rings is 1. The average molecular weight is 489 g/mol. The molecule has 0 saturated carbocycles. The van der Waals surface area contributed by atoms with Gasteiger partial charge in [-0.15, -0.1) is 0 Å². The average Bonchev–Trinajstić information content (AvgIpc) is 3.14. The fourth-order valence-corrected chi connectivity index (χ4v) is 3.70. The number of anilines is 1. The topological polar surface area (TPSA) is 98.8 Å². The zero-order valence-corrected chi connectivity index (χ0v) is 18.9. The zero-order valence-electron chi connectivity index (χ0n) is 16.5. The van der Waals surface area contributed by atoms with Crippen LogP contribution in [-0.4, -0.2) is 24.2 Å². The number of rotatable bonds is 8. The number of hydrogen-bond acceptors (Lipinski definition) is 7. The molecule has 2 aromatic carbocycles. The lowest BCUT2D eigenvalue weighted by Crippen LogP contribution is -2.17. The number of carbonyl (C=O) groups is 1. The minimum Gasteiger partial charge on any atom is -0.493 e. The molecule has 0 spiro atoms. The van der Waals surface area contributed by atoms with Gasteiger partial charge in [0.1, 0.15) is 11.5 Å². The SMILES string of the molecule is CCc1nc(N)sc1C(=O)N/N=C/c1ccc(OCc2ccc(Br)cc2)c(OC)c1. The van der Waals surface area contributed by atoms with Gasteiger partial charge in [-0.3, -0.25) is 4.79 Å². The number of amides is 1. The summed E-state index contributed by atoms with van der Waals surface area (Å²) in [6.07, 6.45) is 2.16. The molecule has 0 aliphatic heterocycles. The maximum atomic E-state index is 12.3. The molecule has 0 unspecified atom stereocenters. The van der Waals surface area contributed by atoms with Crippen molar-refractivity contribution in [3.8, 4) is 11.5 Å². The summed E-state index contributed by atoms with van der Waals surface area (Å²) < 4.78 is 12.3. The Morgan fingerprint density at radius 1 is 1.27 bits per heavy atom. The van der Waals surface area contributed by atoms with Crippen molar-refractivity contribution in [2.75, 3.05) is 12.8 Å². The number of nitrogens with two attached hydrogens (primary N) is 1. The molecule has 3 aromatic rings. The van der Waals surface area contributed by atoms with Gasteiger partial charge in [0, 0.05) is 4.47 Å². The van der Waals surface area contributed by atoms with E-state index in [0.29, 0.717) is 40.2 Å². The highest BCUT2D eigenvalue weighted by molar-refractivity contribution is 9.10. The van der Waals surface area contributed by atoms with Gasteiger partial charge in [0.15, 0.2) is 16.6 Å². The number of nitrogen functional groups attached to an aromatic ring is 1. The second-order valence-corrected chi connectivity index (χ2v) is 8.15. The van der Waals surface area contributed by atoms with Crippen molar-refractivity contribution in [3.63, 3.8) is 0 Å². The van der Waals surface area contributed by atoms with E-state index in [1.54, 1.807) is 19.2 Å². The molecule has 1 aromatic heterocycles. The molecule has 0 saturated heterocycles. The minimum atomic E-state index is -0.335. The summed E-state index contributed by atoms with van der Waals surface area (Å²) in [4.78, 5) is 16.9. The highest BCUT2D eigenvalue weighted by atomic mass is 79.9. The summed E-state index contributed by atoms with van der Waals surface area (Å²) in [6.45, 7) is 2.34. The van der Waals surface area contributed by atoms with Crippen molar-refractivity contribution >= 4 is 44.5 Å². The molecule has 1 amide bonds. The van der Waals surface area contributed by atoms with Crippen LogP contribution in [0.2, 0.25) is 0 Å². The Kier molecular flexibility index (Phi) is 7.42. The Morgan fingerprint density at radius 2 is 2.03 bits per heavy atom. The number of hydrogen-bond donors (Lipinski definition) is 2. The fourth-order valence-electron chi connectivity index (χ4n) is 2.63. The Labute approximate surface area is 187 Å². The van der Waals surface area contributed by atoms with Crippen LogP contribution in [0.15, 0.2) is 52.0 Å². The van der Waals surface area contributed by atoms with Crippen LogP contribution in [-0.2, 0) is 13.0 Å². The fraction of sp³-hybridized carbons (Fsp3) is 0.190. The summed E-state index contributed by atoms with van der Waals surface area (Å²) >= 11 is 4.56. The standard InChI is InChI=1S/C21H21BrN4O3S/c1-3-16-19(30-21(23)25-16)20(27)26-24-11-14-6-9-17(18(10-14)28-2)29-12-13-4-7-15(22)8-5-13/h4-11H,3,12H2,1-2H3,(H2,23,25)(H,26,27)/b24-11+. The number of hydrazone groups is 1. The van der Waals surface area contributed by atoms with Crippen LogP contribution in [0.5, 0.6) is 11.5 Å². The summed E-state index contributed by atoms with van der Waals surface area (Å²) in [5, 5.41) is 4.39. The van der Waals surface area contributed by atoms with E-state index < -0.39 is 0 Å². The van der Waals surface area contributed by atoms with Gasteiger partial charge in [-0.2, -0.15) is 5.10 Å². The van der Waals surface area contributed by atoms with Crippen molar-refractivity contribution in [2.24, 2.45) is 5.10 Å². The second kappa shape index (κ2) is 10.2. The first-order chi connectivity index (χ1) is 14.5. The summed E-state index contributed by atoms with van der Waals surface area (Å²) in [5.41, 5.74) is 10.7. The molecule has 0 atom stereocenters. The third kappa shape index (κ3) is 5.58. The monoisotopic (exact) mass is 488 g/mol. The number of aromatic nitrogens is 1. The Bertz CT molecular complexity index is 1050. The smallest absolute Gasteiger partial charge is 0.283 e. The van der Waals surface area contributed by atoms with Gasteiger partial charge >= 0.3 is 0 Å². The number of nitrogens with zero attached hydrogens (tertiary/aromatic N) is 2. The number of halogens is 1. The first-order valence-corrected chi connectivity index (χ1v) is 10.7. The Morgan fingerprint density at radius 3 is 2.73 bits per heavy atom. The molecular weight excluding hydrogens is 468 g/mol. The predicted molar refractivity (Wildman–Crippen MR) is 122 cm³/mol. The minimum absolute atomic E-state index is 0.335. The first-order valence-electron chi connectivity index (χ1n) is 9.14. The third-order valence-electron chi connectivity index (χ3n) is 4.13. The van der Waals surface area contributed by atoms with E-state index in [1.165, 1.54) is 6.21 Å². The number of ether oxygens (including phenoxy) is 2. The van der Waals surface area contributed by atoms with Crippen molar-refractivity contribution in [1.82, 2.24) is 10.4 Å². The molecule has 7 nitrogen and oxygen atoms in total. The molecule has 0 bridgehead atoms. The van der Waals surface area contributed by atoms with Crippen LogP contribution in [0.4, 0.5) is 5.13 Å². The van der Waals surface area contributed by atoms with E-state index in [4.69, 9.17) is 15.2 Å². The van der Waals surface area contributed by atoms with E-state index >= 15 is 0 Å². The second-order valence-electron chi connectivity index (χ2n) is 6.21. The summed E-state index contributed by atoms with van der Waals surface area (Å²) in [6, 6.07) is 13.3. The maximum absolute atomic E-state index is 12.3. The number of carbonyl (C=O) groups excluding carboxylic acids is 1. The largest absolute Gasteiger partial charge is 0.493 e. The van der Waals surface area contributed by atoms with Gasteiger partial charge < -0.3 is 15.2 Å². The van der Waals surface area contributed by atoms with E-state index in [-0.39, 0.29) is 5.91 Å². The number of nitrogens with one attached hydrogen (secondary N) is 1. The molecule has 0 fully saturated rings. The van der Waals surface area contributed by atoms with Crippen molar-refractivity contribution in [1.29, 1.82) is 0 Å². The van der Waals surface area contributed by atoms with Crippen LogP contribution in [0.3, 0.4) is 0 Å². The normalized spacial score (nSPS) is 10.9. The van der Waals surface area contributed by atoms with Crippen LogP contribution in [0.25, 0.3) is 0 Å². The van der Waals surface area contributed by atoms with Crippen molar-refractivity contribution in [2.45, 2.75) is 20.0 Å². The molecule has 0 radical (unpaired) electrons. The molecule has 3 rings (SSSR count). The lowest BCUT2D eigenvalue weighted by atomic mass is 10.2. The quantitative estimate of drug-likeness (QED) is 0.361. The molecule has 30 heavy (non-hydrogen) atoms. The van der Waals surface area contributed by atoms with Gasteiger partial charge in [-0.25, -0.2) is 10.4 Å². The third-order valence-corrected chi connectivity index (χ3v) is 5.58. The summed E-state index contributed by atoms with van der Waals surface area (Å²) in [7, 11) is 1.57. The van der Waals surface area contributed by atoms with Gasteiger partial charge in [-0.05, 0) is 47.9 Å². The molecule has 0 aliphatic rings. The van der Waals surface area contributed by atoms with Gasteiger partial charge in [0.25, 0.3) is 5.91 Å². The predicted octanol–water partition coefficient (Wildman–Crippen LogP) is 4.40. The van der Waals surface area contributed by atoms with Crippen LogP contribution in [0, 0.1) is 0 Å². The number of aryl methyl sites for hydroxylation is 1. The summed E-state index contributed by atoms with van der Waals surface area (Å²) in [5.74, 6) is 0.860. The highest BCUT2D eigenvalue weighted by Gasteiger charge is 2.15. The van der Waals surface area contributed by atoms with E-state index in [9.17, 15) is 4.79 Å². The van der Waals surface area contributed by atoms with Crippen molar-refractivity contribution < 1.29 is 14.3 Å². The molecular formula is C21H21BrN4O3S. The molecule has 9 heteroatoms. The Hall–Kier alpha value is -2.91. The van der Waals surface area contributed by atoms with E-state index in [1.807, 2.05) is 37.3 Å². The molecule has 1 heterocycles. The van der Waals surface area contributed by atoms with Crippen LogP contribution >= 0.6 is 27.3 Å². The number of methoxy groups -OCH3 is 1. The number of benzene rings is 2. The highest BCUT2D eigenvalue weighted by Crippen LogP contribution is 2.28. The Balaban J connectivity index is 1.63. The van der Waals surface area contributed by atoms with Gasteiger partial charge in [0.2, 0.25) is 0 Å². The maximum Gasteiger partial charge on any atom is 0.283 e. The lowest BCUT2D eigenvalue weighted by Gasteiger charge is -2.11. The van der Waals surface area contributed by atoms with Crippen LogP contribution < -0.4 is 20.6 Å².